The Morgan fingerprint density at radius 2 is 2.19 bits per heavy atom. The van der Waals surface area contributed by atoms with Gasteiger partial charge >= 0.3 is 0 Å². The standard InChI is InChI=1S/C12H15N3S/c1-8-6-15(7-10(8)13)12-9-4-2-3-5-11(9)14-16-12/h2-5,8,10H,6-7,13H2,1H3. The van der Waals surface area contributed by atoms with Crippen LogP contribution in [0.5, 0.6) is 0 Å². The molecule has 0 saturated carbocycles. The van der Waals surface area contributed by atoms with Crippen molar-refractivity contribution in [3.8, 4) is 0 Å². The van der Waals surface area contributed by atoms with E-state index >= 15 is 0 Å². The molecule has 1 saturated heterocycles. The van der Waals surface area contributed by atoms with Gasteiger partial charge in [0.1, 0.15) is 5.00 Å². The normalized spacial score (nSPS) is 25.5. The van der Waals surface area contributed by atoms with Gasteiger partial charge in [-0.15, -0.1) is 0 Å². The molecule has 2 aromatic rings. The summed E-state index contributed by atoms with van der Waals surface area (Å²) in [5.41, 5.74) is 7.15. The van der Waals surface area contributed by atoms with Crippen molar-refractivity contribution < 1.29 is 0 Å². The van der Waals surface area contributed by atoms with Crippen molar-refractivity contribution in [1.82, 2.24) is 4.37 Å². The summed E-state index contributed by atoms with van der Waals surface area (Å²) < 4.78 is 4.47. The maximum absolute atomic E-state index is 6.06. The van der Waals surface area contributed by atoms with Gasteiger partial charge in [-0.3, -0.25) is 0 Å². The Kier molecular flexibility index (Phi) is 2.33. The second kappa shape index (κ2) is 3.71. The van der Waals surface area contributed by atoms with Gasteiger partial charge in [0, 0.05) is 24.5 Å². The van der Waals surface area contributed by atoms with Gasteiger partial charge in [0.05, 0.1) is 5.52 Å². The van der Waals surface area contributed by atoms with Gasteiger partial charge in [0.15, 0.2) is 0 Å². The fourth-order valence-electron chi connectivity index (χ4n) is 2.26. The lowest BCUT2D eigenvalue weighted by Crippen LogP contribution is -2.28. The topological polar surface area (TPSA) is 42.2 Å². The summed E-state index contributed by atoms with van der Waals surface area (Å²) in [6.07, 6.45) is 0. The number of nitrogens with zero attached hydrogens (tertiary/aromatic N) is 2. The maximum atomic E-state index is 6.06. The highest BCUT2D eigenvalue weighted by atomic mass is 32.1. The van der Waals surface area contributed by atoms with Crippen LogP contribution < -0.4 is 10.6 Å². The molecule has 3 rings (SSSR count). The third-order valence-electron chi connectivity index (χ3n) is 3.32. The summed E-state index contributed by atoms with van der Waals surface area (Å²) in [5.74, 6) is 0.570. The largest absolute Gasteiger partial charge is 0.360 e. The average Bonchev–Trinajstić information content (AvgIpc) is 2.83. The fraction of sp³-hybridized carbons (Fsp3) is 0.417. The Balaban J connectivity index is 2.01. The molecule has 2 heterocycles. The van der Waals surface area contributed by atoms with Gasteiger partial charge < -0.3 is 10.6 Å². The van der Waals surface area contributed by atoms with E-state index in [1.165, 1.54) is 10.4 Å². The SMILES string of the molecule is CC1CN(c2snc3ccccc23)CC1N. The lowest BCUT2D eigenvalue weighted by Gasteiger charge is -2.15. The first-order chi connectivity index (χ1) is 7.75. The molecule has 1 aromatic heterocycles. The summed E-state index contributed by atoms with van der Waals surface area (Å²) in [6.45, 7) is 4.22. The lowest BCUT2D eigenvalue weighted by atomic mass is 10.1. The van der Waals surface area contributed by atoms with E-state index in [1.54, 1.807) is 11.5 Å². The van der Waals surface area contributed by atoms with Crippen LogP contribution in [0.2, 0.25) is 0 Å². The van der Waals surface area contributed by atoms with Gasteiger partial charge in [-0.25, -0.2) is 0 Å². The summed E-state index contributed by atoms with van der Waals surface area (Å²) >= 11 is 1.58. The number of hydrogen-bond acceptors (Lipinski definition) is 4. The van der Waals surface area contributed by atoms with Crippen LogP contribution in [0, 0.1) is 5.92 Å². The molecule has 0 bridgehead atoms. The molecule has 2 unspecified atom stereocenters. The van der Waals surface area contributed by atoms with Crippen molar-refractivity contribution >= 4 is 27.4 Å². The molecule has 1 aromatic carbocycles. The molecule has 1 aliphatic rings. The molecule has 16 heavy (non-hydrogen) atoms. The number of fused-ring (bicyclic) bond motifs is 1. The van der Waals surface area contributed by atoms with Gasteiger partial charge in [-0.2, -0.15) is 4.37 Å². The van der Waals surface area contributed by atoms with Gasteiger partial charge in [0.25, 0.3) is 0 Å². The first-order valence-corrected chi connectivity index (χ1v) is 6.38. The minimum atomic E-state index is 0.292. The quantitative estimate of drug-likeness (QED) is 0.820. The number of nitrogens with two attached hydrogens (primary N) is 1. The van der Waals surface area contributed by atoms with E-state index in [0.29, 0.717) is 12.0 Å². The Morgan fingerprint density at radius 1 is 1.38 bits per heavy atom. The van der Waals surface area contributed by atoms with Crippen LogP contribution in [0.15, 0.2) is 24.3 Å². The maximum Gasteiger partial charge on any atom is 0.120 e. The van der Waals surface area contributed by atoms with Gasteiger partial charge in [-0.05, 0) is 29.6 Å². The van der Waals surface area contributed by atoms with Gasteiger partial charge in [-0.1, -0.05) is 19.1 Å². The molecule has 0 spiro atoms. The van der Waals surface area contributed by atoms with E-state index in [2.05, 4.69) is 34.4 Å². The number of benzene rings is 1. The first-order valence-electron chi connectivity index (χ1n) is 5.60. The fourth-order valence-corrected chi connectivity index (χ4v) is 3.14. The van der Waals surface area contributed by atoms with Crippen molar-refractivity contribution in [2.75, 3.05) is 18.0 Å². The minimum absolute atomic E-state index is 0.292. The predicted octanol–water partition coefficient (Wildman–Crippen LogP) is 2.08. The highest BCUT2D eigenvalue weighted by Gasteiger charge is 2.28. The van der Waals surface area contributed by atoms with Crippen molar-refractivity contribution in [2.24, 2.45) is 11.7 Å². The molecule has 0 aliphatic carbocycles. The molecule has 2 atom stereocenters. The highest BCUT2D eigenvalue weighted by Crippen LogP contribution is 2.33. The Labute approximate surface area is 99.0 Å². The van der Waals surface area contributed by atoms with Crippen LogP contribution in [-0.4, -0.2) is 23.5 Å². The van der Waals surface area contributed by atoms with E-state index < -0.39 is 0 Å². The van der Waals surface area contributed by atoms with E-state index in [1.807, 2.05) is 6.07 Å². The third-order valence-corrected chi connectivity index (χ3v) is 4.26. The summed E-state index contributed by atoms with van der Waals surface area (Å²) in [5, 5.41) is 2.53. The van der Waals surface area contributed by atoms with Crippen LogP contribution in [-0.2, 0) is 0 Å². The summed E-state index contributed by atoms with van der Waals surface area (Å²) in [7, 11) is 0. The molecule has 0 radical (unpaired) electrons. The summed E-state index contributed by atoms with van der Waals surface area (Å²) in [4.78, 5) is 2.37. The zero-order valence-electron chi connectivity index (χ0n) is 9.26. The van der Waals surface area contributed by atoms with Crippen molar-refractivity contribution in [1.29, 1.82) is 0 Å². The molecular weight excluding hydrogens is 218 g/mol. The molecule has 3 nitrogen and oxygen atoms in total. The monoisotopic (exact) mass is 233 g/mol. The Morgan fingerprint density at radius 3 is 2.94 bits per heavy atom. The van der Waals surface area contributed by atoms with Crippen LogP contribution in [0.4, 0.5) is 5.00 Å². The lowest BCUT2D eigenvalue weighted by molar-refractivity contribution is 0.566. The van der Waals surface area contributed by atoms with Gasteiger partial charge in [0.2, 0.25) is 0 Å². The zero-order valence-corrected chi connectivity index (χ0v) is 10.1. The predicted molar refractivity (Wildman–Crippen MR) is 69.0 cm³/mol. The van der Waals surface area contributed by atoms with E-state index in [-0.39, 0.29) is 0 Å². The number of anilines is 1. The second-order valence-corrected chi connectivity index (χ2v) is 5.30. The molecule has 4 heteroatoms. The van der Waals surface area contributed by atoms with Crippen molar-refractivity contribution in [3.63, 3.8) is 0 Å². The average molecular weight is 233 g/mol. The zero-order chi connectivity index (χ0) is 11.1. The first kappa shape index (κ1) is 10.1. The summed E-state index contributed by atoms with van der Waals surface area (Å²) in [6, 6.07) is 8.60. The third kappa shape index (κ3) is 1.49. The number of rotatable bonds is 1. The molecule has 2 N–H and O–H groups in total. The van der Waals surface area contributed by atoms with E-state index in [4.69, 9.17) is 5.73 Å². The van der Waals surface area contributed by atoms with Crippen molar-refractivity contribution in [2.45, 2.75) is 13.0 Å². The molecule has 0 amide bonds. The second-order valence-electron chi connectivity index (χ2n) is 4.55. The van der Waals surface area contributed by atoms with Crippen molar-refractivity contribution in [3.05, 3.63) is 24.3 Å². The van der Waals surface area contributed by atoms with Crippen LogP contribution in [0.1, 0.15) is 6.92 Å². The highest BCUT2D eigenvalue weighted by molar-refractivity contribution is 7.11. The molecule has 1 fully saturated rings. The smallest absolute Gasteiger partial charge is 0.120 e. The number of hydrogen-bond donors (Lipinski definition) is 1. The van der Waals surface area contributed by atoms with E-state index in [9.17, 15) is 0 Å². The number of aromatic nitrogens is 1. The Bertz CT molecular complexity index is 498. The minimum Gasteiger partial charge on any atom is -0.360 e. The van der Waals surface area contributed by atoms with Crippen LogP contribution >= 0.6 is 11.5 Å². The molecule has 1 aliphatic heterocycles. The Hall–Kier alpha value is -1.13. The van der Waals surface area contributed by atoms with E-state index in [0.717, 1.165) is 18.6 Å². The van der Waals surface area contributed by atoms with Crippen LogP contribution in [0.25, 0.3) is 10.9 Å². The van der Waals surface area contributed by atoms with Crippen LogP contribution in [0.3, 0.4) is 0 Å². The molecular formula is C12H15N3S. The molecule has 84 valence electrons.